The van der Waals surface area contributed by atoms with Gasteiger partial charge in [-0.25, -0.2) is 0 Å². The lowest BCUT2D eigenvalue weighted by Gasteiger charge is -2.09. The van der Waals surface area contributed by atoms with Gasteiger partial charge in [0.05, 0.1) is 6.61 Å². The largest absolute Gasteiger partial charge is 0.494 e. The van der Waals surface area contributed by atoms with E-state index in [0.717, 1.165) is 24.5 Å². The molecule has 0 heterocycles. The predicted octanol–water partition coefficient (Wildman–Crippen LogP) is 4.27. The van der Waals surface area contributed by atoms with Crippen molar-refractivity contribution in [2.45, 2.75) is 26.2 Å². The van der Waals surface area contributed by atoms with Gasteiger partial charge in [-0.1, -0.05) is 38.0 Å². The number of benzene rings is 2. The Morgan fingerprint density at radius 2 is 1.57 bits per heavy atom. The van der Waals surface area contributed by atoms with Crippen molar-refractivity contribution in [1.29, 1.82) is 0 Å². The van der Waals surface area contributed by atoms with Crippen LogP contribution in [0.15, 0.2) is 54.6 Å². The first-order valence-corrected chi connectivity index (χ1v) is 7.98. The number of nitrogens with one attached hydrogen (secondary N) is 1. The highest BCUT2D eigenvalue weighted by atomic mass is 16.5. The maximum Gasteiger partial charge on any atom is 0.262 e. The van der Waals surface area contributed by atoms with E-state index in [1.54, 1.807) is 0 Å². The number of anilines is 1. The van der Waals surface area contributed by atoms with Gasteiger partial charge >= 0.3 is 0 Å². The fourth-order valence-electron chi connectivity index (χ4n) is 2.04. The highest BCUT2D eigenvalue weighted by molar-refractivity contribution is 5.91. The average molecular weight is 313 g/mol. The van der Waals surface area contributed by atoms with Crippen molar-refractivity contribution < 1.29 is 14.3 Å². The minimum Gasteiger partial charge on any atom is -0.494 e. The Kier molecular flexibility index (Phi) is 6.98. The highest BCUT2D eigenvalue weighted by Crippen LogP contribution is 2.18. The molecule has 2 aromatic carbocycles. The first kappa shape index (κ1) is 16.9. The zero-order valence-electron chi connectivity index (χ0n) is 13.5. The number of ether oxygens (including phenoxy) is 2. The topological polar surface area (TPSA) is 47.6 Å². The van der Waals surface area contributed by atoms with Crippen LogP contribution in [-0.4, -0.2) is 19.1 Å². The maximum absolute atomic E-state index is 11.8. The van der Waals surface area contributed by atoms with E-state index >= 15 is 0 Å². The van der Waals surface area contributed by atoms with Crippen molar-refractivity contribution in [2.75, 3.05) is 18.5 Å². The molecular weight excluding hydrogens is 290 g/mol. The zero-order valence-corrected chi connectivity index (χ0v) is 13.5. The van der Waals surface area contributed by atoms with Crippen molar-refractivity contribution in [1.82, 2.24) is 0 Å². The van der Waals surface area contributed by atoms with E-state index in [2.05, 4.69) is 12.2 Å². The Bertz CT molecular complexity index is 581. The molecule has 2 rings (SSSR count). The summed E-state index contributed by atoms with van der Waals surface area (Å²) >= 11 is 0. The van der Waals surface area contributed by atoms with E-state index in [4.69, 9.17) is 9.47 Å². The summed E-state index contributed by atoms with van der Waals surface area (Å²) in [6.07, 6.45) is 3.42. The van der Waals surface area contributed by atoms with E-state index in [1.807, 2.05) is 54.6 Å². The van der Waals surface area contributed by atoms with E-state index in [9.17, 15) is 4.79 Å². The molecule has 4 nitrogen and oxygen atoms in total. The van der Waals surface area contributed by atoms with Gasteiger partial charge in [0.15, 0.2) is 6.61 Å². The summed E-state index contributed by atoms with van der Waals surface area (Å²) in [7, 11) is 0. The number of carbonyl (C=O) groups is 1. The van der Waals surface area contributed by atoms with Crippen LogP contribution in [0.2, 0.25) is 0 Å². The third-order valence-corrected chi connectivity index (χ3v) is 3.27. The summed E-state index contributed by atoms with van der Waals surface area (Å²) in [5, 5.41) is 2.77. The molecule has 1 amide bonds. The molecular formula is C19H23NO3. The molecule has 0 fully saturated rings. The van der Waals surface area contributed by atoms with Gasteiger partial charge in [0.25, 0.3) is 5.91 Å². The lowest BCUT2D eigenvalue weighted by Crippen LogP contribution is -2.20. The molecule has 0 aromatic heterocycles. The van der Waals surface area contributed by atoms with Gasteiger partial charge in [0.2, 0.25) is 0 Å². The predicted molar refractivity (Wildman–Crippen MR) is 92.0 cm³/mol. The first-order valence-electron chi connectivity index (χ1n) is 7.98. The third kappa shape index (κ3) is 6.43. The Labute approximate surface area is 137 Å². The molecule has 23 heavy (non-hydrogen) atoms. The second-order valence-electron chi connectivity index (χ2n) is 5.23. The van der Waals surface area contributed by atoms with E-state index in [0.29, 0.717) is 5.75 Å². The summed E-state index contributed by atoms with van der Waals surface area (Å²) in [6.45, 7) is 2.87. The van der Waals surface area contributed by atoms with Crippen molar-refractivity contribution in [3.63, 3.8) is 0 Å². The van der Waals surface area contributed by atoms with Crippen LogP contribution in [0.25, 0.3) is 0 Å². The monoisotopic (exact) mass is 313 g/mol. The number of hydrogen-bond donors (Lipinski definition) is 1. The van der Waals surface area contributed by atoms with Crippen LogP contribution in [-0.2, 0) is 4.79 Å². The summed E-state index contributed by atoms with van der Waals surface area (Å²) in [6, 6.07) is 16.7. The minimum atomic E-state index is -0.184. The maximum atomic E-state index is 11.8. The van der Waals surface area contributed by atoms with Crippen LogP contribution in [0, 0.1) is 0 Å². The fraction of sp³-hybridized carbons (Fsp3) is 0.316. The number of carbonyl (C=O) groups excluding carboxylic acids is 1. The Morgan fingerprint density at radius 1 is 0.913 bits per heavy atom. The Hall–Kier alpha value is -2.49. The minimum absolute atomic E-state index is 0.0222. The lowest BCUT2D eigenvalue weighted by molar-refractivity contribution is -0.118. The van der Waals surface area contributed by atoms with Crippen LogP contribution in [0.1, 0.15) is 26.2 Å². The fourth-order valence-corrected chi connectivity index (χ4v) is 2.04. The Balaban J connectivity index is 1.72. The lowest BCUT2D eigenvalue weighted by atomic mass is 10.3. The molecule has 0 aliphatic carbocycles. The molecule has 0 bridgehead atoms. The van der Waals surface area contributed by atoms with Crippen LogP contribution in [0.3, 0.4) is 0 Å². The number of hydrogen-bond acceptors (Lipinski definition) is 3. The summed E-state index contributed by atoms with van der Waals surface area (Å²) in [5.74, 6) is 1.28. The Morgan fingerprint density at radius 3 is 2.22 bits per heavy atom. The molecule has 0 aliphatic heterocycles. The van der Waals surface area contributed by atoms with Gasteiger partial charge < -0.3 is 14.8 Å². The molecule has 0 aliphatic rings. The summed E-state index contributed by atoms with van der Waals surface area (Å²) in [4.78, 5) is 11.8. The molecule has 0 saturated carbocycles. The standard InChI is InChI=1S/C19H23NO3/c1-2-3-7-14-22-17-10-12-18(13-11-17)23-15-19(21)20-16-8-5-4-6-9-16/h4-6,8-13H,2-3,7,14-15H2,1H3,(H,20,21). The van der Waals surface area contributed by atoms with Crippen LogP contribution in [0.5, 0.6) is 11.5 Å². The highest BCUT2D eigenvalue weighted by Gasteiger charge is 2.03. The first-order chi connectivity index (χ1) is 11.3. The molecule has 0 unspecified atom stereocenters. The quantitative estimate of drug-likeness (QED) is 0.703. The van der Waals surface area contributed by atoms with E-state index in [-0.39, 0.29) is 12.5 Å². The summed E-state index contributed by atoms with van der Waals surface area (Å²) < 4.78 is 11.1. The van der Waals surface area contributed by atoms with E-state index in [1.165, 1.54) is 12.8 Å². The van der Waals surface area contributed by atoms with Crippen molar-refractivity contribution in [3.8, 4) is 11.5 Å². The average Bonchev–Trinajstić information content (AvgIpc) is 2.59. The second kappa shape index (κ2) is 9.51. The molecule has 2 aromatic rings. The molecule has 0 radical (unpaired) electrons. The zero-order chi connectivity index (χ0) is 16.3. The SMILES string of the molecule is CCCCCOc1ccc(OCC(=O)Nc2ccccc2)cc1. The van der Waals surface area contributed by atoms with Gasteiger partial charge in [-0.15, -0.1) is 0 Å². The third-order valence-electron chi connectivity index (χ3n) is 3.27. The number of amides is 1. The smallest absolute Gasteiger partial charge is 0.262 e. The van der Waals surface area contributed by atoms with Gasteiger partial charge in [-0.05, 0) is 42.8 Å². The second-order valence-corrected chi connectivity index (χ2v) is 5.23. The van der Waals surface area contributed by atoms with Gasteiger partial charge in [-0.2, -0.15) is 0 Å². The van der Waals surface area contributed by atoms with E-state index < -0.39 is 0 Å². The van der Waals surface area contributed by atoms with Crippen molar-refractivity contribution in [2.24, 2.45) is 0 Å². The van der Waals surface area contributed by atoms with Crippen LogP contribution in [0.4, 0.5) is 5.69 Å². The normalized spacial score (nSPS) is 10.1. The van der Waals surface area contributed by atoms with Crippen molar-refractivity contribution >= 4 is 11.6 Å². The van der Waals surface area contributed by atoms with Crippen LogP contribution >= 0.6 is 0 Å². The molecule has 0 saturated heterocycles. The molecule has 122 valence electrons. The number of unbranched alkanes of at least 4 members (excludes halogenated alkanes) is 2. The number of rotatable bonds is 9. The summed E-state index contributed by atoms with van der Waals surface area (Å²) in [5.41, 5.74) is 0.761. The van der Waals surface area contributed by atoms with Crippen LogP contribution < -0.4 is 14.8 Å². The molecule has 1 N–H and O–H groups in total. The van der Waals surface area contributed by atoms with Gasteiger partial charge in [-0.3, -0.25) is 4.79 Å². The molecule has 0 atom stereocenters. The van der Waals surface area contributed by atoms with Gasteiger partial charge in [0.1, 0.15) is 11.5 Å². The molecule has 0 spiro atoms. The van der Waals surface area contributed by atoms with Crippen molar-refractivity contribution in [3.05, 3.63) is 54.6 Å². The van der Waals surface area contributed by atoms with Gasteiger partial charge in [0, 0.05) is 5.69 Å². The molecule has 4 heteroatoms. The number of para-hydroxylation sites is 1.